The monoisotopic (exact) mass is 595 g/mol. The van der Waals surface area contributed by atoms with Gasteiger partial charge in [0.15, 0.2) is 5.82 Å². The molecule has 0 amide bonds. The summed E-state index contributed by atoms with van der Waals surface area (Å²) in [5.41, 5.74) is 9.48. The maximum absolute atomic E-state index is 5.30. The normalized spacial score (nSPS) is 19.1. The number of anilines is 2. The first-order valence-electron chi connectivity index (χ1n) is 15.7. The van der Waals surface area contributed by atoms with Gasteiger partial charge in [0.1, 0.15) is 0 Å². The van der Waals surface area contributed by atoms with Crippen LogP contribution in [-0.4, -0.2) is 16.0 Å². The second-order valence-corrected chi connectivity index (χ2v) is 14.1. The molecule has 0 fully saturated rings. The minimum Gasteiger partial charge on any atom is -0.331 e. The van der Waals surface area contributed by atoms with Crippen molar-refractivity contribution in [1.82, 2.24) is 9.97 Å². The van der Waals surface area contributed by atoms with Gasteiger partial charge in [-0.05, 0) is 58.3 Å². The number of thiophene rings is 1. The molecule has 0 radical (unpaired) electrons. The number of para-hydroxylation sites is 1. The fourth-order valence-electron chi connectivity index (χ4n) is 8.04. The molecule has 0 bridgehead atoms. The number of rotatable bonds is 2. The van der Waals surface area contributed by atoms with Gasteiger partial charge in [0.05, 0.1) is 27.8 Å². The van der Waals surface area contributed by atoms with Gasteiger partial charge in [-0.3, -0.25) is 0 Å². The summed E-state index contributed by atoms with van der Waals surface area (Å²) >= 11 is 1.93. The summed E-state index contributed by atoms with van der Waals surface area (Å²) in [5, 5.41) is 4.86. The predicted octanol–water partition coefficient (Wildman–Crippen LogP) is 10.7. The third-order valence-electron chi connectivity index (χ3n) is 10.3. The molecule has 2 aromatic heterocycles. The molecule has 4 heteroatoms. The number of hydrogen-bond acceptors (Lipinski definition) is 4. The molecule has 5 aromatic carbocycles. The zero-order valence-electron chi connectivity index (χ0n) is 25.0. The fourth-order valence-corrected chi connectivity index (χ4v) is 9.29. The summed E-state index contributed by atoms with van der Waals surface area (Å²) in [4.78, 5) is 14.5. The molecule has 0 N–H and O–H groups in total. The van der Waals surface area contributed by atoms with Crippen molar-refractivity contribution in [3.05, 3.63) is 138 Å². The lowest BCUT2D eigenvalue weighted by atomic mass is 9.64. The number of allylic oxidation sites excluding steroid dienone is 2. The summed E-state index contributed by atoms with van der Waals surface area (Å²) < 4.78 is 1.35. The Labute approximate surface area is 265 Å². The van der Waals surface area contributed by atoms with Crippen molar-refractivity contribution in [3.8, 4) is 22.6 Å². The maximum Gasteiger partial charge on any atom is 0.160 e. The highest BCUT2D eigenvalue weighted by atomic mass is 32.1. The Hall–Kier alpha value is -5.06. The first-order chi connectivity index (χ1) is 22.1. The van der Waals surface area contributed by atoms with Gasteiger partial charge in [0, 0.05) is 43.6 Å². The molecular weight excluding hydrogens is 567 g/mol. The molecule has 2 unspecified atom stereocenters. The Morgan fingerprint density at radius 2 is 1.51 bits per heavy atom. The summed E-state index contributed by atoms with van der Waals surface area (Å²) in [5.74, 6) is 1.12. The summed E-state index contributed by atoms with van der Waals surface area (Å²) in [6.45, 7) is 4.83. The maximum atomic E-state index is 5.30. The third kappa shape index (κ3) is 3.46. The molecule has 3 aliphatic rings. The first kappa shape index (κ1) is 25.3. The molecular formula is C41H29N3S. The lowest BCUT2D eigenvalue weighted by molar-refractivity contribution is 0.341. The van der Waals surface area contributed by atoms with E-state index < -0.39 is 0 Å². The molecule has 45 heavy (non-hydrogen) atoms. The van der Waals surface area contributed by atoms with E-state index >= 15 is 0 Å². The molecule has 0 saturated heterocycles. The van der Waals surface area contributed by atoms with Crippen LogP contribution < -0.4 is 4.90 Å². The van der Waals surface area contributed by atoms with Crippen molar-refractivity contribution in [2.24, 2.45) is 5.92 Å². The predicted molar refractivity (Wildman–Crippen MR) is 189 cm³/mol. The van der Waals surface area contributed by atoms with Crippen LogP contribution in [0.25, 0.3) is 60.0 Å². The first-order valence-corrected chi connectivity index (χ1v) is 16.5. The minimum atomic E-state index is -0.0789. The molecule has 10 rings (SSSR count). The van der Waals surface area contributed by atoms with E-state index in [1.54, 1.807) is 0 Å². The topological polar surface area (TPSA) is 29.0 Å². The average Bonchev–Trinajstić information content (AvgIpc) is 3.62. The standard InChI is InChI=1S/C41H29N3S/c1-41(2)31-15-9-14-30-37(31)44(38-29-13-6-8-17-35(29)45-39(30)38)34-21-20-27(23-32(34)41)40-42-33-16-7-5-12-28(33)36(43-40)26-19-18-24-10-3-4-11-25(24)22-26/h3-23,31,37H,1-2H3. The molecule has 2 atom stereocenters. The van der Waals surface area contributed by atoms with E-state index in [0.29, 0.717) is 12.0 Å². The van der Waals surface area contributed by atoms with Gasteiger partial charge in [0.25, 0.3) is 0 Å². The van der Waals surface area contributed by atoms with Crippen LogP contribution in [0.3, 0.4) is 0 Å². The number of hydrogen-bond donors (Lipinski definition) is 0. The Morgan fingerprint density at radius 3 is 2.42 bits per heavy atom. The Morgan fingerprint density at radius 1 is 0.733 bits per heavy atom. The average molecular weight is 596 g/mol. The molecule has 3 nitrogen and oxygen atoms in total. The number of nitrogens with zero attached hydrogens (tertiary/aromatic N) is 3. The summed E-state index contributed by atoms with van der Waals surface area (Å²) in [6, 6.07) is 39.6. The van der Waals surface area contributed by atoms with E-state index in [2.05, 4.69) is 146 Å². The van der Waals surface area contributed by atoms with Crippen LogP contribution in [-0.2, 0) is 5.41 Å². The molecule has 2 aliphatic heterocycles. The minimum absolute atomic E-state index is 0.0789. The summed E-state index contributed by atoms with van der Waals surface area (Å²) in [6.07, 6.45) is 7.06. The van der Waals surface area contributed by atoms with Crippen LogP contribution in [0.4, 0.5) is 11.4 Å². The zero-order valence-corrected chi connectivity index (χ0v) is 25.8. The fraction of sp³-hybridized carbons (Fsp3) is 0.122. The highest BCUT2D eigenvalue weighted by Crippen LogP contribution is 2.62. The van der Waals surface area contributed by atoms with Crippen LogP contribution in [0, 0.1) is 5.92 Å². The molecule has 4 heterocycles. The lowest BCUT2D eigenvalue weighted by Crippen LogP contribution is -2.49. The van der Waals surface area contributed by atoms with Crippen molar-refractivity contribution in [2.75, 3.05) is 4.90 Å². The van der Waals surface area contributed by atoms with Gasteiger partial charge < -0.3 is 4.90 Å². The molecule has 0 saturated carbocycles. The van der Waals surface area contributed by atoms with Crippen molar-refractivity contribution in [1.29, 1.82) is 0 Å². The summed E-state index contributed by atoms with van der Waals surface area (Å²) in [7, 11) is 0. The SMILES string of the molecule is CC1(C)c2cc(-c3nc(-c4ccc5ccccc5c4)c4ccccc4n3)ccc2N2c3c(sc4ccccc34)C3=CC=CC1C32. The van der Waals surface area contributed by atoms with Crippen LogP contribution in [0.1, 0.15) is 24.3 Å². The Kier molecular flexibility index (Phi) is 5.05. The Balaban J connectivity index is 1.18. The van der Waals surface area contributed by atoms with Crippen molar-refractivity contribution < 1.29 is 0 Å². The smallest absolute Gasteiger partial charge is 0.160 e. The van der Waals surface area contributed by atoms with Crippen LogP contribution in [0.15, 0.2) is 127 Å². The highest BCUT2D eigenvalue weighted by Gasteiger charge is 2.52. The van der Waals surface area contributed by atoms with Crippen molar-refractivity contribution in [3.63, 3.8) is 0 Å². The van der Waals surface area contributed by atoms with Gasteiger partial charge in [-0.2, -0.15) is 0 Å². The molecule has 0 spiro atoms. The van der Waals surface area contributed by atoms with Gasteiger partial charge >= 0.3 is 0 Å². The van der Waals surface area contributed by atoms with Crippen LogP contribution in [0.2, 0.25) is 0 Å². The zero-order chi connectivity index (χ0) is 29.9. The lowest BCUT2D eigenvalue weighted by Gasteiger charge is -2.49. The van der Waals surface area contributed by atoms with E-state index in [4.69, 9.17) is 9.97 Å². The number of fused-ring (bicyclic) bond motifs is 9. The van der Waals surface area contributed by atoms with E-state index in [9.17, 15) is 0 Å². The van der Waals surface area contributed by atoms with Crippen molar-refractivity contribution >= 4 is 60.0 Å². The van der Waals surface area contributed by atoms with E-state index in [0.717, 1.165) is 33.5 Å². The van der Waals surface area contributed by atoms with E-state index in [1.807, 2.05) is 11.3 Å². The van der Waals surface area contributed by atoms with E-state index in [1.165, 1.54) is 48.2 Å². The number of benzene rings is 5. The van der Waals surface area contributed by atoms with Crippen LogP contribution in [0.5, 0.6) is 0 Å². The number of aromatic nitrogens is 2. The highest BCUT2D eigenvalue weighted by molar-refractivity contribution is 7.21. The molecule has 1 aliphatic carbocycles. The van der Waals surface area contributed by atoms with E-state index in [-0.39, 0.29) is 5.41 Å². The quantitative estimate of drug-likeness (QED) is 0.199. The largest absolute Gasteiger partial charge is 0.331 e. The van der Waals surface area contributed by atoms with Crippen LogP contribution >= 0.6 is 11.3 Å². The molecule has 7 aromatic rings. The van der Waals surface area contributed by atoms with Gasteiger partial charge in [-0.25, -0.2) is 9.97 Å². The third-order valence-corrected chi connectivity index (χ3v) is 11.5. The van der Waals surface area contributed by atoms with Gasteiger partial charge in [0.2, 0.25) is 0 Å². The second-order valence-electron chi connectivity index (χ2n) is 13.1. The Bertz CT molecular complexity index is 2450. The molecule has 214 valence electrons. The van der Waals surface area contributed by atoms with Crippen molar-refractivity contribution in [2.45, 2.75) is 25.3 Å². The van der Waals surface area contributed by atoms with Gasteiger partial charge in [-0.15, -0.1) is 11.3 Å². The second kappa shape index (κ2) is 8.99. The van der Waals surface area contributed by atoms with Gasteiger partial charge in [-0.1, -0.05) is 105 Å².